The van der Waals surface area contributed by atoms with Gasteiger partial charge in [0, 0.05) is 18.0 Å². The number of ether oxygens (including phenoxy) is 1. The average molecular weight is 462 g/mol. The third-order valence-electron chi connectivity index (χ3n) is 5.52. The number of anilines is 1. The van der Waals surface area contributed by atoms with E-state index in [1.165, 1.54) is 18.3 Å². The van der Waals surface area contributed by atoms with E-state index in [2.05, 4.69) is 15.0 Å². The standard InChI is InChI=1S/C18H23F4N3O2.2ClH/c19-17(20)18(21,22)9-27-14-5-4-13(8-24-14)25-16(26)12-6-10-2-1-3-11(7-12)15(10)23;;/h4-5,8,10-12,15,17H,1-3,6-7,9,23H2,(H,25,26);2*1H. The highest BCUT2D eigenvalue weighted by Crippen LogP contribution is 2.42. The second kappa shape index (κ2) is 10.6. The maximum atomic E-state index is 12.8. The van der Waals surface area contributed by atoms with Crippen LogP contribution in [0.1, 0.15) is 32.1 Å². The van der Waals surface area contributed by atoms with Crippen molar-refractivity contribution < 1.29 is 27.1 Å². The van der Waals surface area contributed by atoms with Crippen LogP contribution in [-0.2, 0) is 4.79 Å². The monoisotopic (exact) mass is 461 g/mol. The normalized spacial score (nSPS) is 26.1. The number of aromatic nitrogens is 1. The van der Waals surface area contributed by atoms with Gasteiger partial charge in [0.1, 0.15) is 0 Å². The number of nitrogens with one attached hydrogen (secondary N) is 1. The summed E-state index contributed by atoms with van der Waals surface area (Å²) >= 11 is 0. The number of fused-ring (bicyclic) bond motifs is 2. The van der Waals surface area contributed by atoms with Crippen LogP contribution in [0, 0.1) is 17.8 Å². The van der Waals surface area contributed by atoms with Crippen LogP contribution in [-0.4, -0.2) is 35.9 Å². The van der Waals surface area contributed by atoms with Gasteiger partial charge in [-0.2, -0.15) is 8.78 Å². The summed E-state index contributed by atoms with van der Waals surface area (Å²) in [7, 11) is 0. The molecule has 11 heteroatoms. The van der Waals surface area contributed by atoms with Gasteiger partial charge in [-0.3, -0.25) is 4.79 Å². The summed E-state index contributed by atoms with van der Waals surface area (Å²) in [5, 5.41) is 2.77. The van der Waals surface area contributed by atoms with E-state index in [4.69, 9.17) is 5.73 Å². The maximum Gasteiger partial charge on any atom is 0.340 e. The van der Waals surface area contributed by atoms with Gasteiger partial charge in [-0.25, -0.2) is 13.8 Å². The number of hydrogen-bond acceptors (Lipinski definition) is 4. The second-order valence-corrected chi connectivity index (χ2v) is 7.42. The molecule has 5 nitrogen and oxygen atoms in total. The highest BCUT2D eigenvalue weighted by Gasteiger charge is 2.42. The first-order valence-electron chi connectivity index (χ1n) is 9.07. The van der Waals surface area contributed by atoms with Crippen molar-refractivity contribution in [2.45, 2.75) is 50.5 Å². The molecule has 0 aromatic carbocycles. The van der Waals surface area contributed by atoms with Crippen molar-refractivity contribution >= 4 is 36.4 Å². The molecule has 0 radical (unpaired) electrons. The molecule has 1 amide bonds. The highest BCUT2D eigenvalue weighted by molar-refractivity contribution is 5.92. The molecule has 0 saturated heterocycles. The van der Waals surface area contributed by atoms with E-state index in [0.29, 0.717) is 17.5 Å². The zero-order chi connectivity index (χ0) is 19.6. The largest absolute Gasteiger partial charge is 0.471 e. The minimum atomic E-state index is -4.24. The first kappa shape index (κ1) is 25.7. The summed E-state index contributed by atoms with van der Waals surface area (Å²) in [6.45, 7) is -1.46. The molecular weight excluding hydrogens is 437 g/mol. The van der Waals surface area contributed by atoms with Crippen LogP contribution < -0.4 is 15.8 Å². The molecule has 1 aromatic heterocycles. The van der Waals surface area contributed by atoms with Crippen LogP contribution in [0.25, 0.3) is 0 Å². The zero-order valence-electron chi connectivity index (χ0n) is 15.5. The van der Waals surface area contributed by atoms with E-state index in [1.807, 2.05) is 0 Å². The van der Waals surface area contributed by atoms with Gasteiger partial charge < -0.3 is 15.8 Å². The Balaban J connectivity index is 0.00000210. The van der Waals surface area contributed by atoms with Gasteiger partial charge in [0.15, 0.2) is 6.61 Å². The predicted molar refractivity (Wildman–Crippen MR) is 105 cm³/mol. The number of carbonyl (C=O) groups excluding carboxylic acids is 1. The molecule has 2 unspecified atom stereocenters. The Kier molecular flexibility index (Phi) is 9.43. The lowest BCUT2D eigenvalue weighted by atomic mass is 9.65. The topological polar surface area (TPSA) is 77.2 Å². The molecule has 29 heavy (non-hydrogen) atoms. The molecular formula is C18H25Cl2F4N3O2. The Labute approximate surface area is 179 Å². The number of nitrogens with two attached hydrogens (primary N) is 1. The molecule has 0 aliphatic heterocycles. The molecule has 2 atom stereocenters. The summed E-state index contributed by atoms with van der Waals surface area (Å²) in [6, 6.07) is 2.87. The lowest BCUT2D eigenvalue weighted by Crippen LogP contribution is -2.48. The van der Waals surface area contributed by atoms with Gasteiger partial charge in [-0.05, 0) is 43.6 Å². The Bertz CT molecular complexity index is 653. The van der Waals surface area contributed by atoms with Crippen LogP contribution in [0.3, 0.4) is 0 Å². The molecule has 2 aliphatic rings. The Morgan fingerprint density at radius 2 is 1.86 bits per heavy atom. The first-order chi connectivity index (χ1) is 12.8. The van der Waals surface area contributed by atoms with Gasteiger partial charge in [0.05, 0.1) is 11.9 Å². The van der Waals surface area contributed by atoms with Crippen molar-refractivity contribution in [1.82, 2.24) is 4.98 Å². The van der Waals surface area contributed by atoms with Crippen molar-refractivity contribution in [3.8, 4) is 5.88 Å². The lowest BCUT2D eigenvalue weighted by Gasteiger charge is -2.43. The first-order valence-corrected chi connectivity index (χ1v) is 9.07. The number of nitrogens with zero attached hydrogens (tertiary/aromatic N) is 1. The Hall–Kier alpha value is -1.32. The number of pyridine rings is 1. The predicted octanol–water partition coefficient (Wildman–Crippen LogP) is 4.30. The second-order valence-electron chi connectivity index (χ2n) is 7.42. The third kappa shape index (κ3) is 6.33. The fraction of sp³-hybridized carbons (Fsp3) is 0.667. The van der Waals surface area contributed by atoms with Crippen LogP contribution in [0.2, 0.25) is 0 Å². The van der Waals surface area contributed by atoms with Crippen molar-refractivity contribution in [3.63, 3.8) is 0 Å². The molecule has 1 aromatic rings. The van der Waals surface area contributed by atoms with Crippen molar-refractivity contribution in [3.05, 3.63) is 18.3 Å². The quantitative estimate of drug-likeness (QED) is 0.619. The summed E-state index contributed by atoms with van der Waals surface area (Å²) < 4.78 is 54.5. The summed E-state index contributed by atoms with van der Waals surface area (Å²) in [4.78, 5) is 16.3. The van der Waals surface area contributed by atoms with Crippen molar-refractivity contribution in [2.75, 3.05) is 11.9 Å². The zero-order valence-corrected chi connectivity index (χ0v) is 17.2. The molecule has 3 rings (SSSR count). The minimum Gasteiger partial charge on any atom is -0.471 e. The van der Waals surface area contributed by atoms with Crippen LogP contribution in [0.5, 0.6) is 5.88 Å². The van der Waals surface area contributed by atoms with E-state index in [0.717, 1.165) is 32.1 Å². The number of rotatable bonds is 6. The molecule has 2 saturated carbocycles. The molecule has 2 fully saturated rings. The number of alkyl halides is 4. The maximum absolute atomic E-state index is 12.8. The van der Waals surface area contributed by atoms with Crippen LogP contribution in [0.15, 0.2) is 18.3 Å². The van der Waals surface area contributed by atoms with E-state index in [1.54, 1.807) is 0 Å². The van der Waals surface area contributed by atoms with Gasteiger partial charge in [-0.15, -0.1) is 24.8 Å². The van der Waals surface area contributed by atoms with Gasteiger partial charge in [-0.1, -0.05) is 6.42 Å². The highest BCUT2D eigenvalue weighted by atomic mass is 35.5. The summed E-state index contributed by atoms with van der Waals surface area (Å²) in [5.41, 5.74) is 6.63. The van der Waals surface area contributed by atoms with E-state index in [-0.39, 0.29) is 48.6 Å². The molecule has 2 bridgehead atoms. The average Bonchev–Trinajstić information content (AvgIpc) is 2.60. The van der Waals surface area contributed by atoms with Crippen LogP contribution >= 0.6 is 24.8 Å². The fourth-order valence-corrected chi connectivity index (χ4v) is 4.02. The fourth-order valence-electron chi connectivity index (χ4n) is 4.02. The van der Waals surface area contributed by atoms with Gasteiger partial charge in [0.2, 0.25) is 11.8 Å². The molecule has 3 N–H and O–H groups in total. The van der Waals surface area contributed by atoms with Gasteiger partial charge in [0.25, 0.3) is 0 Å². The van der Waals surface area contributed by atoms with E-state index >= 15 is 0 Å². The number of carbonyl (C=O) groups is 1. The van der Waals surface area contributed by atoms with E-state index < -0.39 is 19.0 Å². The molecule has 2 aliphatic carbocycles. The molecule has 166 valence electrons. The Morgan fingerprint density at radius 1 is 1.24 bits per heavy atom. The van der Waals surface area contributed by atoms with Gasteiger partial charge >= 0.3 is 12.3 Å². The molecule has 1 heterocycles. The number of hydrogen-bond donors (Lipinski definition) is 2. The third-order valence-corrected chi connectivity index (χ3v) is 5.52. The van der Waals surface area contributed by atoms with Crippen LogP contribution in [0.4, 0.5) is 23.2 Å². The lowest BCUT2D eigenvalue weighted by molar-refractivity contribution is -0.148. The smallest absolute Gasteiger partial charge is 0.340 e. The minimum absolute atomic E-state index is 0. The Morgan fingerprint density at radius 3 is 2.38 bits per heavy atom. The number of halogens is 6. The van der Waals surface area contributed by atoms with Crippen molar-refractivity contribution in [2.24, 2.45) is 23.5 Å². The van der Waals surface area contributed by atoms with Crippen molar-refractivity contribution in [1.29, 1.82) is 0 Å². The molecule has 0 spiro atoms. The SMILES string of the molecule is Cl.Cl.NC1C2CCCC1CC(C(=O)Nc1ccc(OCC(F)(F)C(F)F)nc1)C2. The van der Waals surface area contributed by atoms with E-state index in [9.17, 15) is 22.4 Å². The number of amides is 1. The summed E-state index contributed by atoms with van der Waals surface area (Å²) in [6.07, 6.45) is 2.24. The summed E-state index contributed by atoms with van der Waals surface area (Å²) in [5.74, 6) is -3.93.